The Morgan fingerprint density at radius 3 is 1.90 bits per heavy atom. The molecule has 2 aromatic heterocycles. The lowest BCUT2D eigenvalue weighted by Crippen LogP contribution is -2.03. The van der Waals surface area contributed by atoms with Gasteiger partial charge in [0.1, 0.15) is 22.9 Å². The number of benzene rings is 2. The van der Waals surface area contributed by atoms with Gasteiger partial charge in [-0.05, 0) is 66.2 Å². The summed E-state index contributed by atoms with van der Waals surface area (Å²) in [6.07, 6.45) is 5.06. The summed E-state index contributed by atoms with van der Waals surface area (Å²) >= 11 is 0. The van der Waals surface area contributed by atoms with Crippen molar-refractivity contribution in [3.63, 3.8) is 0 Å². The molecular weight excluding hydrogens is 392 g/mol. The predicted octanol–water partition coefficient (Wildman–Crippen LogP) is 4.06. The van der Waals surface area contributed by atoms with Gasteiger partial charge < -0.3 is 9.47 Å². The first-order valence-corrected chi connectivity index (χ1v) is 9.49. The predicted molar refractivity (Wildman–Crippen MR) is 119 cm³/mol. The van der Waals surface area contributed by atoms with Gasteiger partial charge in [0, 0.05) is 23.5 Å². The number of anilines is 1. The van der Waals surface area contributed by atoms with Crippen molar-refractivity contribution in [1.82, 2.24) is 20.2 Å². The third-order valence-corrected chi connectivity index (χ3v) is 4.50. The van der Waals surface area contributed by atoms with Gasteiger partial charge in [-0.1, -0.05) is 0 Å². The van der Waals surface area contributed by atoms with E-state index in [9.17, 15) is 0 Å². The van der Waals surface area contributed by atoms with Crippen molar-refractivity contribution in [2.75, 3.05) is 19.6 Å². The van der Waals surface area contributed by atoms with E-state index in [4.69, 9.17) is 9.47 Å². The molecule has 0 saturated carbocycles. The zero-order valence-corrected chi connectivity index (χ0v) is 17.1. The van der Waals surface area contributed by atoms with Crippen molar-refractivity contribution in [1.29, 1.82) is 0 Å². The highest BCUT2D eigenvalue weighted by Gasteiger charge is 2.14. The van der Waals surface area contributed by atoms with Crippen LogP contribution in [0.15, 0.2) is 78.2 Å². The van der Waals surface area contributed by atoms with E-state index >= 15 is 0 Å². The molecular formula is C23H20N6O2. The quantitative estimate of drug-likeness (QED) is 0.361. The first kappa shape index (κ1) is 20.0. The fraction of sp³-hybridized carbons (Fsp3) is 0.0870. The first-order chi connectivity index (χ1) is 15.3. The molecule has 0 aliphatic rings. The SMILES string of the molecule is COc1ccc(-c2nnc(N/N=C/c3ccncc3)nc2-c2ccc(OC)cc2)cc1. The molecule has 2 aromatic carbocycles. The number of pyridine rings is 1. The fourth-order valence-electron chi connectivity index (χ4n) is 2.88. The van der Waals surface area contributed by atoms with Crippen molar-refractivity contribution < 1.29 is 9.47 Å². The fourth-order valence-corrected chi connectivity index (χ4v) is 2.88. The number of hydrogen-bond donors (Lipinski definition) is 1. The molecule has 8 heteroatoms. The van der Waals surface area contributed by atoms with Crippen LogP contribution in [0.3, 0.4) is 0 Å². The van der Waals surface area contributed by atoms with Gasteiger partial charge in [0.05, 0.1) is 20.4 Å². The lowest BCUT2D eigenvalue weighted by Gasteiger charge is -2.10. The minimum absolute atomic E-state index is 0.286. The van der Waals surface area contributed by atoms with Crippen LogP contribution in [0.25, 0.3) is 22.5 Å². The first-order valence-electron chi connectivity index (χ1n) is 9.49. The summed E-state index contributed by atoms with van der Waals surface area (Å²) in [4.78, 5) is 8.65. The molecule has 0 atom stereocenters. The zero-order chi connectivity index (χ0) is 21.5. The Labute approximate surface area is 179 Å². The van der Waals surface area contributed by atoms with E-state index in [-0.39, 0.29) is 5.95 Å². The molecule has 0 radical (unpaired) electrons. The van der Waals surface area contributed by atoms with Crippen LogP contribution in [0.4, 0.5) is 5.95 Å². The molecule has 154 valence electrons. The maximum Gasteiger partial charge on any atom is 0.263 e. The van der Waals surface area contributed by atoms with Crippen molar-refractivity contribution in [2.24, 2.45) is 5.10 Å². The second-order valence-electron chi connectivity index (χ2n) is 6.44. The number of rotatable bonds is 7. The molecule has 31 heavy (non-hydrogen) atoms. The van der Waals surface area contributed by atoms with Gasteiger partial charge in [0.25, 0.3) is 5.95 Å². The summed E-state index contributed by atoms with van der Waals surface area (Å²) < 4.78 is 10.5. The average Bonchev–Trinajstić information content (AvgIpc) is 2.85. The van der Waals surface area contributed by atoms with Gasteiger partial charge in [-0.15, -0.1) is 10.2 Å². The summed E-state index contributed by atoms with van der Waals surface area (Å²) in [6.45, 7) is 0. The minimum Gasteiger partial charge on any atom is -0.497 e. The second kappa shape index (κ2) is 9.45. The molecule has 0 aliphatic heterocycles. The molecule has 0 spiro atoms. The van der Waals surface area contributed by atoms with Crippen LogP contribution in [-0.4, -0.2) is 40.6 Å². The number of nitrogens with one attached hydrogen (secondary N) is 1. The largest absolute Gasteiger partial charge is 0.497 e. The van der Waals surface area contributed by atoms with Crippen LogP contribution < -0.4 is 14.9 Å². The van der Waals surface area contributed by atoms with E-state index in [1.54, 1.807) is 32.8 Å². The van der Waals surface area contributed by atoms with Gasteiger partial charge >= 0.3 is 0 Å². The van der Waals surface area contributed by atoms with Crippen LogP contribution in [-0.2, 0) is 0 Å². The third-order valence-electron chi connectivity index (χ3n) is 4.50. The smallest absolute Gasteiger partial charge is 0.263 e. The number of ether oxygens (including phenoxy) is 2. The van der Waals surface area contributed by atoms with Crippen LogP contribution in [0.5, 0.6) is 11.5 Å². The number of hydrogen-bond acceptors (Lipinski definition) is 8. The summed E-state index contributed by atoms with van der Waals surface area (Å²) in [5.41, 5.74) is 6.82. The van der Waals surface area contributed by atoms with E-state index < -0.39 is 0 Å². The van der Waals surface area contributed by atoms with Crippen LogP contribution >= 0.6 is 0 Å². The normalized spacial score (nSPS) is 10.8. The lowest BCUT2D eigenvalue weighted by molar-refractivity contribution is 0.414. The van der Waals surface area contributed by atoms with Gasteiger partial charge in [-0.25, -0.2) is 10.4 Å². The maximum atomic E-state index is 5.27. The highest BCUT2D eigenvalue weighted by atomic mass is 16.5. The molecule has 1 N–H and O–H groups in total. The van der Waals surface area contributed by atoms with Gasteiger partial charge in [-0.3, -0.25) is 4.98 Å². The summed E-state index contributed by atoms with van der Waals surface area (Å²) in [5.74, 6) is 1.81. The molecule has 0 saturated heterocycles. The third kappa shape index (κ3) is 4.81. The molecule has 4 aromatic rings. The molecule has 4 rings (SSSR count). The van der Waals surface area contributed by atoms with Gasteiger partial charge in [0.15, 0.2) is 0 Å². The van der Waals surface area contributed by atoms with Crippen molar-refractivity contribution in [3.05, 3.63) is 78.6 Å². The second-order valence-corrected chi connectivity index (χ2v) is 6.44. The van der Waals surface area contributed by atoms with Gasteiger partial charge in [-0.2, -0.15) is 5.10 Å². The van der Waals surface area contributed by atoms with Crippen molar-refractivity contribution in [3.8, 4) is 34.0 Å². The van der Waals surface area contributed by atoms with Crippen molar-refractivity contribution >= 4 is 12.2 Å². The summed E-state index contributed by atoms with van der Waals surface area (Å²) in [7, 11) is 3.26. The average molecular weight is 412 g/mol. The Balaban J connectivity index is 1.69. The Morgan fingerprint density at radius 1 is 0.742 bits per heavy atom. The number of hydrazone groups is 1. The number of nitrogens with zero attached hydrogens (tertiary/aromatic N) is 5. The monoisotopic (exact) mass is 412 g/mol. The zero-order valence-electron chi connectivity index (χ0n) is 17.1. The summed E-state index contributed by atoms with van der Waals surface area (Å²) in [6, 6.07) is 18.9. The number of methoxy groups -OCH3 is 2. The molecule has 8 nitrogen and oxygen atoms in total. The van der Waals surface area contributed by atoms with E-state index in [1.807, 2.05) is 60.7 Å². The van der Waals surface area contributed by atoms with E-state index in [0.29, 0.717) is 11.4 Å². The molecule has 0 unspecified atom stereocenters. The van der Waals surface area contributed by atoms with E-state index in [2.05, 4.69) is 30.7 Å². The standard InChI is InChI=1S/C23H20N6O2/c1-30-19-7-3-17(4-8-19)21-22(18-5-9-20(31-2)10-6-18)27-29-23(26-21)28-25-15-16-11-13-24-14-12-16/h3-15H,1-2H3,(H,26,28,29)/b25-15+. The Bertz CT molecular complexity index is 1160. The molecule has 0 amide bonds. The molecule has 0 fully saturated rings. The molecule has 0 aliphatic carbocycles. The van der Waals surface area contributed by atoms with Crippen LogP contribution in [0.2, 0.25) is 0 Å². The highest BCUT2D eigenvalue weighted by molar-refractivity contribution is 5.80. The minimum atomic E-state index is 0.286. The van der Waals surface area contributed by atoms with Gasteiger partial charge in [0.2, 0.25) is 0 Å². The Kier molecular flexibility index (Phi) is 6.08. The van der Waals surface area contributed by atoms with E-state index in [0.717, 1.165) is 28.2 Å². The van der Waals surface area contributed by atoms with Crippen LogP contribution in [0, 0.1) is 0 Å². The summed E-state index contributed by atoms with van der Waals surface area (Å²) in [5, 5.41) is 12.8. The molecule has 2 heterocycles. The topological polar surface area (TPSA) is 94.4 Å². The Morgan fingerprint density at radius 2 is 1.32 bits per heavy atom. The van der Waals surface area contributed by atoms with E-state index in [1.165, 1.54) is 0 Å². The Hall–Kier alpha value is -4.33. The molecule has 0 bridgehead atoms. The van der Waals surface area contributed by atoms with Crippen LogP contribution in [0.1, 0.15) is 5.56 Å². The maximum absolute atomic E-state index is 5.27. The number of aromatic nitrogens is 4. The highest BCUT2D eigenvalue weighted by Crippen LogP contribution is 2.31. The lowest BCUT2D eigenvalue weighted by atomic mass is 10.0. The van der Waals surface area contributed by atoms with Crippen molar-refractivity contribution in [2.45, 2.75) is 0 Å².